The molecule has 29 heavy (non-hydrogen) atoms. The molecule has 4 aliphatic carbocycles. The van der Waals surface area contributed by atoms with Crippen molar-refractivity contribution in [3.8, 4) is 5.75 Å². The highest BCUT2D eigenvalue weighted by Crippen LogP contribution is 2.61. The Bertz CT molecular complexity index is 828. The summed E-state index contributed by atoms with van der Waals surface area (Å²) in [7, 11) is 0. The normalized spacial score (nSPS) is 31.0. The van der Waals surface area contributed by atoms with Gasteiger partial charge in [0, 0.05) is 23.7 Å². The van der Waals surface area contributed by atoms with Crippen molar-refractivity contribution in [1.82, 2.24) is 5.32 Å². The first-order valence-electron chi connectivity index (χ1n) is 11.3. The summed E-state index contributed by atoms with van der Waals surface area (Å²) in [6, 6.07) is 15.5. The molecule has 154 valence electrons. The van der Waals surface area contributed by atoms with Crippen LogP contribution in [-0.4, -0.2) is 6.04 Å². The topological polar surface area (TPSA) is 21.3 Å². The monoisotopic (exact) mass is 393 g/mol. The summed E-state index contributed by atoms with van der Waals surface area (Å²) in [4.78, 5) is 0. The standard InChI is InChI=1S/C26H32FNO/c1-18(26-13-19-10-20(14-26)12-21(11-19)15-26)28-16-22-6-3-5-9-25(22)29-17-23-7-2-4-8-24(23)27/h2-9,18-21,28H,10-17H2,1H3/t18-,19?,20?,21?,26?/m0/s1. The average Bonchev–Trinajstić information content (AvgIpc) is 2.71. The summed E-state index contributed by atoms with van der Waals surface area (Å²) < 4.78 is 19.9. The first-order valence-corrected chi connectivity index (χ1v) is 11.3. The molecular weight excluding hydrogens is 361 g/mol. The molecular formula is C26H32FNO. The van der Waals surface area contributed by atoms with Gasteiger partial charge in [-0.1, -0.05) is 36.4 Å². The van der Waals surface area contributed by atoms with Crippen molar-refractivity contribution in [2.75, 3.05) is 0 Å². The minimum Gasteiger partial charge on any atom is -0.488 e. The second kappa shape index (κ2) is 7.75. The van der Waals surface area contributed by atoms with Crippen LogP contribution < -0.4 is 10.1 Å². The Morgan fingerprint density at radius 3 is 2.17 bits per heavy atom. The molecule has 2 nitrogen and oxygen atoms in total. The molecule has 0 saturated heterocycles. The maximum absolute atomic E-state index is 13.9. The summed E-state index contributed by atoms with van der Waals surface area (Å²) in [6.45, 7) is 3.46. The average molecular weight is 394 g/mol. The van der Waals surface area contributed by atoms with Crippen molar-refractivity contribution in [1.29, 1.82) is 0 Å². The zero-order valence-corrected chi connectivity index (χ0v) is 17.4. The number of nitrogens with one attached hydrogen (secondary N) is 1. The predicted octanol–water partition coefficient (Wildman–Crippen LogP) is 6.10. The van der Waals surface area contributed by atoms with E-state index in [-0.39, 0.29) is 12.4 Å². The minimum absolute atomic E-state index is 0.210. The van der Waals surface area contributed by atoms with Crippen molar-refractivity contribution >= 4 is 0 Å². The number of benzene rings is 2. The number of hydrogen-bond donors (Lipinski definition) is 1. The highest BCUT2D eigenvalue weighted by Gasteiger charge is 2.52. The molecule has 0 unspecified atom stereocenters. The largest absolute Gasteiger partial charge is 0.488 e. The van der Waals surface area contributed by atoms with Crippen LogP contribution in [0.25, 0.3) is 0 Å². The van der Waals surface area contributed by atoms with Crippen LogP contribution in [-0.2, 0) is 13.2 Å². The summed E-state index contributed by atoms with van der Waals surface area (Å²) >= 11 is 0. The van der Waals surface area contributed by atoms with Crippen molar-refractivity contribution in [2.45, 2.75) is 64.6 Å². The predicted molar refractivity (Wildman–Crippen MR) is 114 cm³/mol. The third-order valence-corrected chi connectivity index (χ3v) is 7.92. The molecule has 0 radical (unpaired) electrons. The highest BCUT2D eigenvalue weighted by atomic mass is 19.1. The number of para-hydroxylation sites is 1. The number of rotatable bonds is 7. The van der Waals surface area contributed by atoms with Gasteiger partial charge in [0.2, 0.25) is 0 Å². The van der Waals surface area contributed by atoms with Gasteiger partial charge in [0.1, 0.15) is 18.2 Å². The summed E-state index contributed by atoms with van der Waals surface area (Å²) in [5.41, 5.74) is 2.25. The molecule has 4 bridgehead atoms. The van der Waals surface area contributed by atoms with Gasteiger partial charge >= 0.3 is 0 Å². The molecule has 0 spiro atoms. The molecule has 0 aromatic heterocycles. The van der Waals surface area contributed by atoms with E-state index in [0.717, 1.165) is 35.6 Å². The van der Waals surface area contributed by atoms with E-state index < -0.39 is 0 Å². The fourth-order valence-corrected chi connectivity index (χ4v) is 6.75. The molecule has 0 amide bonds. The van der Waals surface area contributed by atoms with Gasteiger partial charge in [-0.25, -0.2) is 4.39 Å². The maximum Gasteiger partial charge on any atom is 0.129 e. The zero-order valence-electron chi connectivity index (χ0n) is 17.4. The SMILES string of the molecule is C[C@H](NCc1ccccc1OCc1ccccc1F)C12CC3CC(CC(C3)C1)C2. The maximum atomic E-state index is 13.9. The Labute approximate surface area is 173 Å². The Balaban J connectivity index is 1.24. The van der Waals surface area contributed by atoms with Crippen LogP contribution in [0.1, 0.15) is 56.6 Å². The zero-order chi connectivity index (χ0) is 19.8. The van der Waals surface area contributed by atoms with Gasteiger partial charge < -0.3 is 10.1 Å². The molecule has 4 fully saturated rings. The molecule has 6 rings (SSSR count). The molecule has 2 aromatic rings. The fourth-order valence-electron chi connectivity index (χ4n) is 6.75. The van der Waals surface area contributed by atoms with Gasteiger partial charge in [-0.2, -0.15) is 0 Å². The van der Waals surface area contributed by atoms with E-state index >= 15 is 0 Å². The molecule has 0 aliphatic heterocycles. The second-order valence-electron chi connectivity index (χ2n) is 9.87. The highest BCUT2D eigenvalue weighted by molar-refractivity contribution is 5.33. The number of halogens is 1. The van der Waals surface area contributed by atoms with Crippen LogP contribution in [0.3, 0.4) is 0 Å². The van der Waals surface area contributed by atoms with Crippen LogP contribution in [0.5, 0.6) is 5.75 Å². The summed E-state index contributed by atoms with van der Waals surface area (Å²) in [5.74, 6) is 3.56. The lowest BCUT2D eigenvalue weighted by atomic mass is 9.48. The van der Waals surface area contributed by atoms with Gasteiger partial charge in [0.05, 0.1) is 0 Å². The van der Waals surface area contributed by atoms with Crippen LogP contribution in [0, 0.1) is 29.0 Å². The molecule has 1 N–H and O–H groups in total. The lowest BCUT2D eigenvalue weighted by Gasteiger charge is -2.59. The Morgan fingerprint density at radius 2 is 1.52 bits per heavy atom. The Hall–Kier alpha value is -1.87. The molecule has 0 heterocycles. The first kappa shape index (κ1) is 19.1. The lowest BCUT2D eigenvalue weighted by Crippen LogP contribution is -2.54. The van der Waals surface area contributed by atoms with Crippen LogP contribution in [0.15, 0.2) is 48.5 Å². The molecule has 4 saturated carbocycles. The molecule has 3 heteroatoms. The van der Waals surface area contributed by atoms with E-state index in [0.29, 0.717) is 17.0 Å². The quantitative estimate of drug-likeness (QED) is 0.614. The van der Waals surface area contributed by atoms with E-state index in [4.69, 9.17) is 4.74 Å². The van der Waals surface area contributed by atoms with E-state index in [1.165, 1.54) is 44.6 Å². The van der Waals surface area contributed by atoms with Gasteiger partial charge in [-0.3, -0.25) is 0 Å². The third kappa shape index (κ3) is 3.82. The van der Waals surface area contributed by atoms with E-state index in [9.17, 15) is 4.39 Å². The van der Waals surface area contributed by atoms with Crippen molar-refractivity contribution in [2.24, 2.45) is 23.2 Å². The van der Waals surface area contributed by atoms with Crippen LogP contribution >= 0.6 is 0 Å². The third-order valence-electron chi connectivity index (χ3n) is 7.92. The lowest BCUT2D eigenvalue weighted by molar-refractivity contribution is -0.0706. The minimum atomic E-state index is -0.210. The Kier molecular flexibility index (Phi) is 5.11. The van der Waals surface area contributed by atoms with Crippen molar-refractivity contribution in [3.05, 3.63) is 65.5 Å². The van der Waals surface area contributed by atoms with Crippen LogP contribution in [0.2, 0.25) is 0 Å². The molecule has 4 aliphatic rings. The summed E-state index contributed by atoms with van der Waals surface area (Å²) in [5, 5.41) is 3.85. The number of ether oxygens (including phenoxy) is 1. The van der Waals surface area contributed by atoms with E-state index in [1.54, 1.807) is 12.1 Å². The van der Waals surface area contributed by atoms with Crippen molar-refractivity contribution < 1.29 is 9.13 Å². The molecule has 1 atom stereocenters. The smallest absolute Gasteiger partial charge is 0.129 e. The summed E-state index contributed by atoms with van der Waals surface area (Å²) in [6.07, 6.45) is 8.70. The molecule has 2 aromatic carbocycles. The number of hydrogen-bond acceptors (Lipinski definition) is 2. The van der Waals surface area contributed by atoms with Gasteiger partial charge in [-0.15, -0.1) is 0 Å². The first-order chi connectivity index (χ1) is 14.1. The Morgan fingerprint density at radius 1 is 0.931 bits per heavy atom. The fraction of sp³-hybridized carbons (Fsp3) is 0.538. The van der Waals surface area contributed by atoms with E-state index in [1.807, 2.05) is 18.2 Å². The van der Waals surface area contributed by atoms with Crippen molar-refractivity contribution in [3.63, 3.8) is 0 Å². The van der Waals surface area contributed by atoms with E-state index in [2.05, 4.69) is 24.4 Å². The second-order valence-corrected chi connectivity index (χ2v) is 9.87. The van der Waals surface area contributed by atoms with Crippen LogP contribution in [0.4, 0.5) is 4.39 Å². The van der Waals surface area contributed by atoms with Gasteiger partial charge in [0.25, 0.3) is 0 Å². The van der Waals surface area contributed by atoms with Gasteiger partial charge in [0.15, 0.2) is 0 Å². The van der Waals surface area contributed by atoms with Gasteiger partial charge in [-0.05, 0) is 80.8 Å².